The number of hydrogen-bond acceptors (Lipinski definition) is 16. The number of hydrogen-bond donors (Lipinski definition) is 1. The Labute approximate surface area is 450 Å². The zero-order valence-electron chi connectivity index (χ0n) is 51.2. The number of nitrogens with one attached hydrogen (secondary N) is 1. The maximum atomic E-state index is 11.8. The molecule has 4 rings (SSSR count). The molecule has 0 aromatic heterocycles. The molecule has 0 saturated heterocycles. The Morgan fingerprint density at radius 1 is 0.320 bits per heavy atom. The fraction of sp³-hybridized carbons (Fsp3) is 0.729. The predicted octanol–water partition coefficient (Wildman–Crippen LogP) is 7.98. The van der Waals surface area contributed by atoms with E-state index in [1.165, 1.54) is 0 Å². The first-order valence-electron chi connectivity index (χ1n) is 27.4. The summed E-state index contributed by atoms with van der Waals surface area (Å²) in [4.78, 5) is 106. The third-order valence-electron chi connectivity index (χ3n) is 13.4. The van der Waals surface area contributed by atoms with Crippen molar-refractivity contribution in [3.8, 4) is 0 Å². The van der Waals surface area contributed by atoms with Crippen LogP contribution in [-0.2, 0) is 0 Å². The lowest BCUT2D eigenvalue weighted by Crippen LogP contribution is -2.45. The summed E-state index contributed by atoms with van der Waals surface area (Å²) in [6, 6.07) is 0. The lowest BCUT2D eigenvalue weighted by molar-refractivity contribution is 0.367. The van der Waals surface area contributed by atoms with Crippen molar-refractivity contribution >= 4 is 45.5 Å². The molecule has 16 heteroatoms. The molecular weight excluding hydrogens is 949 g/mol. The average molecular weight is 1050 g/mol. The first-order valence-corrected chi connectivity index (χ1v) is 27.4. The maximum Gasteiger partial charge on any atom is 0.253 e. The molecule has 0 spiro atoms. The van der Waals surface area contributed by atoms with Crippen LogP contribution in [0.5, 0.6) is 0 Å². The first kappa shape index (κ1) is 67.7. The van der Waals surface area contributed by atoms with Crippen LogP contribution in [0.1, 0.15) is 162 Å². The molecule has 0 atom stereocenters. The SMILES string of the molecule is CCN(C)c1c(N(C)CCCC(C)(C)C)c(=O)c1=O.CCN(CC)c1c(N(C)CCCC(C)(C)C)c(=O)c1=O.CCNc1c(N(C)CCCC(C)(C)C)c(=O)c1=O.CN(C)c1c(N(C)CCCC(C)(C)C)c(=O)c1=O. The largest absolute Gasteiger partial charge is 0.380 e. The van der Waals surface area contributed by atoms with E-state index >= 15 is 0 Å². The monoisotopic (exact) mass is 1050 g/mol. The number of nitrogens with zero attached hydrogens (tertiary/aromatic N) is 7. The quantitative estimate of drug-likeness (QED) is 0.0670. The molecule has 0 saturated carbocycles. The van der Waals surface area contributed by atoms with E-state index in [2.05, 4.69) is 88.4 Å². The molecule has 426 valence electrons. The molecule has 4 aromatic rings. The highest BCUT2D eigenvalue weighted by molar-refractivity contribution is 5.78. The molecule has 0 unspecified atom stereocenters. The van der Waals surface area contributed by atoms with Gasteiger partial charge in [-0.2, -0.15) is 0 Å². The van der Waals surface area contributed by atoms with Gasteiger partial charge in [0.05, 0.1) is 0 Å². The molecule has 0 aliphatic heterocycles. The average Bonchev–Trinajstić information content (AvgIpc) is 3.29. The van der Waals surface area contributed by atoms with Gasteiger partial charge in [0.15, 0.2) is 0 Å². The zero-order chi connectivity index (χ0) is 58.3. The maximum absolute atomic E-state index is 11.8. The lowest BCUT2D eigenvalue weighted by atomic mass is 9.90. The third kappa shape index (κ3) is 20.0. The van der Waals surface area contributed by atoms with E-state index in [9.17, 15) is 38.4 Å². The van der Waals surface area contributed by atoms with Gasteiger partial charge in [0.1, 0.15) is 45.5 Å². The van der Waals surface area contributed by atoms with Crippen molar-refractivity contribution in [3.05, 3.63) is 81.8 Å². The van der Waals surface area contributed by atoms with Gasteiger partial charge in [0, 0.05) is 102 Å². The molecule has 0 amide bonds. The molecule has 0 bridgehead atoms. The Morgan fingerprint density at radius 3 is 0.853 bits per heavy atom. The van der Waals surface area contributed by atoms with Crippen molar-refractivity contribution in [2.24, 2.45) is 21.7 Å². The topological polar surface area (TPSA) is 171 Å². The summed E-state index contributed by atoms with van der Waals surface area (Å²) in [5.74, 6) is 0. The summed E-state index contributed by atoms with van der Waals surface area (Å²) in [6.07, 6.45) is 8.49. The van der Waals surface area contributed by atoms with E-state index in [4.69, 9.17) is 0 Å². The number of anilines is 8. The van der Waals surface area contributed by atoms with Crippen molar-refractivity contribution in [1.29, 1.82) is 0 Å². The predicted molar refractivity (Wildman–Crippen MR) is 324 cm³/mol. The van der Waals surface area contributed by atoms with Gasteiger partial charge in [0.25, 0.3) is 43.4 Å². The van der Waals surface area contributed by atoms with E-state index in [0.29, 0.717) is 73.7 Å². The van der Waals surface area contributed by atoms with Gasteiger partial charge in [-0.1, -0.05) is 83.1 Å². The minimum atomic E-state index is -0.380. The molecule has 16 nitrogen and oxygen atoms in total. The molecule has 0 fully saturated rings. The van der Waals surface area contributed by atoms with Gasteiger partial charge in [-0.3, -0.25) is 38.4 Å². The zero-order valence-corrected chi connectivity index (χ0v) is 51.2. The lowest BCUT2D eigenvalue weighted by Gasteiger charge is -2.30. The summed E-state index contributed by atoms with van der Waals surface area (Å²) < 4.78 is 0. The summed E-state index contributed by atoms with van der Waals surface area (Å²) in [5, 5.41) is 2.97. The molecular formula is C59H102N8O8. The molecule has 0 radical (unpaired) electrons. The minimum Gasteiger partial charge on any atom is -0.380 e. The Bertz CT molecular complexity index is 2670. The summed E-state index contributed by atoms with van der Waals surface area (Å²) in [5.41, 5.74) is 2.95. The van der Waals surface area contributed by atoms with Gasteiger partial charge >= 0.3 is 0 Å². The number of rotatable bonds is 24. The second-order valence-corrected chi connectivity index (χ2v) is 25.4. The van der Waals surface area contributed by atoms with Crippen LogP contribution < -0.4 is 83.0 Å². The summed E-state index contributed by atoms with van der Waals surface area (Å²) in [7, 11) is 13.0. The molecule has 75 heavy (non-hydrogen) atoms. The molecule has 0 aliphatic carbocycles. The van der Waals surface area contributed by atoms with Crippen LogP contribution in [0.4, 0.5) is 45.5 Å². The van der Waals surface area contributed by atoms with E-state index in [0.717, 1.165) is 97.2 Å². The Kier molecular flexibility index (Phi) is 26.0. The van der Waals surface area contributed by atoms with Crippen molar-refractivity contribution in [1.82, 2.24) is 0 Å². The van der Waals surface area contributed by atoms with Crippen molar-refractivity contribution in [3.63, 3.8) is 0 Å². The van der Waals surface area contributed by atoms with Crippen LogP contribution in [0.25, 0.3) is 0 Å². The highest BCUT2D eigenvalue weighted by atomic mass is 16.2. The van der Waals surface area contributed by atoms with Gasteiger partial charge in [-0.25, -0.2) is 0 Å². The Balaban J connectivity index is 0.000000500. The Morgan fingerprint density at radius 2 is 0.573 bits per heavy atom. The molecule has 1 N–H and O–H groups in total. The van der Waals surface area contributed by atoms with Crippen LogP contribution >= 0.6 is 0 Å². The second kappa shape index (κ2) is 28.7. The van der Waals surface area contributed by atoms with Crippen LogP contribution in [0.3, 0.4) is 0 Å². The van der Waals surface area contributed by atoms with Gasteiger partial charge in [-0.05, 0) is 101 Å². The third-order valence-corrected chi connectivity index (χ3v) is 13.4. The molecule has 4 aromatic carbocycles. The highest BCUT2D eigenvalue weighted by Crippen LogP contribution is 2.28. The van der Waals surface area contributed by atoms with E-state index in [1.807, 2.05) is 92.3 Å². The van der Waals surface area contributed by atoms with E-state index in [1.54, 1.807) is 19.0 Å². The highest BCUT2D eigenvalue weighted by Gasteiger charge is 2.29. The van der Waals surface area contributed by atoms with Crippen molar-refractivity contribution in [2.45, 2.75) is 162 Å². The van der Waals surface area contributed by atoms with Crippen LogP contribution in [-0.4, -0.2) is 102 Å². The normalized spacial score (nSPS) is 11.9. The smallest absolute Gasteiger partial charge is 0.253 e. The minimum absolute atomic E-state index is 0.302. The fourth-order valence-electron chi connectivity index (χ4n) is 8.84. The van der Waals surface area contributed by atoms with Crippen molar-refractivity contribution in [2.75, 3.05) is 141 Å². The Hall–Kier alpha value is -5.28. The van der Waals surface area contributed by atoms with E-state index in [-0.39, 0.29) is 43.4 Å². The second-order valence-electron chi connectivity index (χ2n) is 25.4. The van der Waals surface area contributed by atoms with Crippen molar-refractivity contribution < 1.29 is 0 Å². The summed E-state index contributed by atoms with van der Waals surface area (Å²) in [6.45, 7) is 40.5. The van der Waals surface area contributed by atoms with Gasteiger partial charge in [0.2, 0.25) is 0 Å². The van der Waals surface area contributed by atoms with Gasteiger partial charge in [-0.15, -0.1) is 0 Å². The van der Waals surface area contributed by atoms with Crippen LogP contribution in [0.15, 0.2) is 38.4 Å². The molecule has 0 heterocycles. The first-order chi connectivity index (χ1) is 34.3. The molecule has 0 aliphatic rings. The van der Waals surface area contributed by atoms with E-state index < -0.39 is 0 Å². The van der Waals surface area contributed by atoms with Crippen LogP contribution in [0.2, 0.25) is 0 Å². The summed E-state index contributed by atoms with van der Waals surface area (Å²) >= 11 is 0. The fourth-order valence-corrected chi connectivity index (χ4v) is 8.84. The standard InChI is InChI=1S/C16H28N2O2.C15H26N2O2.2C14H24N2O2/c1-7-18(8-2)13-12(14(19)15(13)20)17(6)11-9-10-16(3,4)5;1-7-16(5)11-12(14(19)13(11)18)17(6)10-8-9-15(2,3)4;1-14(2,3)8-7-9-16(6)11-10(15(4)5)12(17)13(11)18;1-6-15-10-11(13(18)12(10)17)16(5)9-7-8-14(2,3)4/h7-11H2,1-6H3;7-10H2,1-6H3;7-9H2,1-6H3;15H,6-9H2,1-5H3. The van der Waals surface area contributed by atoms with Gasteiger partial charge < -0.3 is 39.6 Å². The van der Waals surface area contributed by atoms with Crippen LogP contribution in [0, 0.1) is 21.7 Å².